The fourth-order valence-electron chi connectivity index (χ4n) is 3.11. The van der Waals surface area contributed by atoms with E-state index in [1.165, 1.54) is 0 Å². The maximum Gasteiger partial charge on any atom is 0.183 e. The molecule has 3 rings (SSSR count). The molecule has 6 heteroatoms. The molecule has 0 bridgehead atoms. The van der Waals surface area contributed by atoms with Crippen molar-refractivity contribution in [3.8, 4) is 5.75 Å². The van der Waals surface area contributed by atoms with Crippen LogP contribution < -0.4 is 4.74 Å². The molecule has 1 saturated heterocycles. The maximum atomic E-state index is 10.4. The highest BCUT2D eigenvalue weighted by molar-refractivity contribution is 5.26. The van der Waals surface area contributed by atoms with Gasteiger partial charge in [0.15, 0.2) is 6.29 Å². The van der Waals surface area contributed by atoms with Crippen molar-refractivity contribution in [2.75, 3.05) is 7.11 Å². The number of aliphatic hydroxyl groups is 2. The van der Waals surface area contributed by atoms with Gasteiger partial charge in [0.1, 0.15) is 24.1 Å². The summed E-state index contributed by atoms with van der Waals surface area (Å²) in [5, 5.41) is 20.3. The van der Waals surface area contributed by atoms with Gasteiger partial charge in [-0.05, 0) is 30.2 Å². The summed E-state index contributed by atoms with van der Waals surface area (Å²) in [6.45, 7) is 2.44. The second-order valence-corrected chi connectivity index (χ2v) is 6.61. The van der Waals surface area contributed by atoms with Crippen LogP contribution in [0.15, 0.2) is 54.6 Å². The van der Waals surface area contributed by atoms with Gasteiger partial charge in [0.2, 0.25) is 0 Å². The average molecular weight is 374 g/mol. The van der Waals surface area contributed by atoms with Gasteiger partial charge in [0, 0.05) is 0 Å². The van der Waals surface area contributed by atoms with Crippen LogP contribution in [0.1, 0.15) is 18.1 Å². The van der Waals surface area contributed by atoms with E-state index in [1.807, 2.05) is 54.6 Å². The predicted octanol–water partition coefficient (Wildman–Crippen LogP) is 2.26. The van der Waals surface area contributed by atoms with E-state index in [1.54, 1.807) is 14.0 Å². The topological polar surface area (TPSA) is 77.4 Å². The van der Waals surface area contributed by atoms with Gasteiger partial charge in [-0.25, -0.2) is 0 Å². The molecule has 0 aliphatic carbocycles. The summed E-state index contributed by atoms with van der Waals surface area (Å²) in [6.07, 6.45) is -4.15. The summed E-state index contributed by atoms with van der Waals surface area (Å²) in [7, 11) is 1.62. The number of hydrogen-bond acceptors (Lipinski definition) is 6. The first-order valence-electron chi connectivity index (χ1n) is 9.00. The monoisotopic (exact) mass is 374 g/mol. The van der Waals surface area contributed by atoms with Crippen LogP contribution in [0.4, 0.5) is 0 Å². The molecule has 0 unspecified atom stereocenters. The Bertz CT molecular complexity index is 690. The second kappa shape index (κ2) is 9.30. The van der Waals surface area contributed by atoms with Gasteiger partial charge in [0.05, 0.1) is 26.4 Å². The van der Waals surface area contributed by atoms with Gasteiger partial charge in [-0.1, -0.05) is 42.5 Å². The number of methoxy groups -OCH3 is 1. The quantitative estimate of drug-likeness (QED) is 0.774. The van der Waals surface area contributed by atoms with Crippen LogP contribution in [0.3, 0.4) is 0 Å². The molecule has 1 aliphatic heterocycles. The first-order chi connectivity index (χ1) is 13.1. The Morgan fingerprint density at radius 2 is 1.44 bits per heavy atom. The first-order valence-corrected chi connectivity index (χ1v) is 9.00. The number of benzene rings is 2. The van der Waals surface area contributed by atoms with Crippen molar-refractivity contribution in [3.05, 3.63) is 65.7 Å². The summed E-state index contributed by atoms with van der Waals surface area (Å²) >= 11 is 0. The zero-order valence-electron chi connectivity index (χ0n) is 15.5. The zero-order chi connectivity index (χ0) is 19.2. The molecule has 146 valence electrons. The van der Waals surface area contributed by atoms with Crippen molar-refractivity contribution in [2.45, 2.75) is 50.8 Å². The molecular weight excluding hydrogens is 348 g/mol. The molecule has 0 aromatic heterocycles. The number of ether oxygens (including phenoxy) is 4. The zero-order valence-corrected chi connectivity index (χ0v) is 15.5. The van der Waals surface area contributed by atoms with Crippen LogP contribution in [0.25, 0.3) is 0 Å². The highest BCUT2D eigenvalue weighted by atomic mass is 16.7. The molecule has 1 fully saturated rings. The van der Waals surface area contributed by atoms with E-state index in [-0.39, 0.29) is 0 Å². The van der Waals surface area contributed by atoms with Crippen molar-refractivity contribution in [3.63, 3.8) is 0 Å². The molecule has 1 heterocycles. The highest BCUT2D eigenvalue weighted by Gasteiger charge is 2.44. The minimum absolute atomic E-state index is 0.310. The Hall–Kier alpha value is -1.96. The third kappa shape index (κ3) is 5.06. The minimum Gasteiger partial charge on any atom is -0.497 e. The molecule has 5 atom stereocenters. The molecule has 2 aromatic carbocycles. The Morgan fingerprint density at radius 1 is 0.852 bits per heavy atom. The van der Waals surface area contributed by atoms with Gasteiger partial charge in [-0.15, -0.1) is 0 Å². The normalized spacial score (nSPS) is 28.1. The first kappa shape index (κ1) is 19.8. The van der Waals surface area contributed by atoms with Gasteiger partial charge in [-0.2, -0.15) is 0 Å². The summed E-state index contributed by atoms with van der Waals surface area (Å²) in [5.41, 5.74) is 1.94. The fourth-order valence-corrected chi connectivity index (χ4v) is 3.11. The van der Waals surface area contributed by atoms with Crippen LogP contribution in [0.2, 0.25) is 0 Å². The van der Waals surface area contributed by atoms with E-state index in [0.717, 1.165) is 16.9 Å². The van der Waals surface area contributed by atoms with Gasteiger partial charge in [0.25, 0.3) is 0 Å². The molecule has 2 aromatic rings. The summed E-state index contributed by atoms with van der Waals surface area (Å²) in [5.74, 6) is 0.774. The van der Waals surface area contributed by atoms with E-state index in [0.29, 0.717) is 13.2 Å². The Balaban J connectivity index is 1.66. The second-order valence-electron chi connectivity index (χ2n) is 6.61. The van der Waals surface area contributed by atoms with Crippen LogP contribution in [0.5, 0.6) is 5.75 Å². The van der Waals surface area contributed by atoms with Crippen molar-refractivity contribution in [2.24, 2.45) is 0 Å². The molecule has 0 spiro atoms. The van der Waals surface area contributed by atoms with Gasteiger partial charge < -0.3 is 29.2 Å². The molecule has 1 aliphatic rings. The van der Waals surface area contributed by atoms with Gasteiger partial charge in [-0.3, -0.25) is 0 Å². The van der Waals surface area contributed by atoms with Crippen LogP contribution >= 0.6 is 0 Å². The SMILES string of the molecule is COc1ccc(CO[C@@H]2[C@@H](OCc3ccccc3)[C@@H](O)[C@@H](O)O[C@H]2C)cc1. The van der Waals surface area contributed by atoms with E-state index in [4.69, 9.17) is 18.9 Å². The lowest BCUT2D eigenvalue weighted by Crippen LogP contribution is -2.58. The van der Waals surface area contributed by atoms with E-state index < -0.39 is 30.7 Å². The smallest absolute Gasteiger partial charge is 0.183 e. The van der Waals surface area contributed by atoms with Crippen molar-refractivity contribution < 1.29 is 29.2 Å². The Morgan fingerprint density at radius 3 is 2.07 bits per heavy atom. The number of aliphatic hydroxyl groups excluding tert-OH is 2. The van der Waals surface area contributed by atoms with E-state index >= 15 is 0 Å². The summed E-state index contributed by atoms with van der Waals surface area (Å²) < 4.78 is 22.5. The molecule has 0 radical (unpaired) electrons. The number of rotatable bonds is 7. The predicted molar refractivity (Wildman–Crippen MR) is 99.2 cm³/mol. The summed E-state index contributed by atoms with van der Waals surface area (Å²) in [6, 6.07) is 17.2. The summed E-state index contributed by atoms with van der Waals surface area (Å²) in [4.78, 5) is 0. The van der Waals surface area contributed by atoms with Crippen LogP contribution in [0, 0.1) is 0 Å². The van der Waals surface area contributed by atoms with Crippen LogP contribution in [-0.4, -0.2) is 48.0 Å². The molecule has 2 N–H and O–H groups in total. The molecule has 0 saturated carbocycles. The van der Waals surface area contributed by atoms with Crippen LogP contribution in [-0.2, 0) is 27.4 Å². The standard InChI is InChI=1S/C21H26O6/c1-14-19(25-13-16-8-10-17(24-2)11-9-16)20(18(22)21(23)27-14)26-12-15-6-4-3-5-7-15/h3-11,14,18-23H,12-13H2,1-2H3/t14-,18+,19-,20-,21-/m0/s1. The fraction of sp³-hybridized carbons (Fsp3) is 0.429. The largest absolute Gasteiger partial charge is 0.497 e. The Labute approximate surface area is 159 Å². The molecule has 0 amide bonds. The molecular formula is C21H26O6. The molecule has 27 heavy (non-hydrogen) atoms. The van der Waals surface area contributed by atoms with Crippen molar-refractivity contribution in [1.82, 2.24) is 0 Å². The van der Waals surface area contributed by atoms with Crippen molar-refractivity contribution in [1.29, 1.82) is 0 Å². The third-order valence-corrected chi connectivity index (χ3v) is 4.66. The van der Waals surface area contributed by atoms with E-state index in [2.05, 4.69) is 0 Å². The minimum atomic E-state index is -1.30. The lowest BCUT2D eigenvalue weighted by atomic mass is 9.99. The lowest BCUT2D eigenvalue weighted by molar-refractivity contribution is -0.297. The maximum absolute atomic E-state index is 10.4. The third-order valence-electron chi connectivity index (χ3n) is 4.66. The highest BCUT2D eigenvalue weighted by Crippen LogP contribution is 2.26. The lowest BCUT2D eigenvalue weighted by Gasteiger charge is -2.41. The molecule has 6 nitrogen and oxygen atoms in total. The average Bonchev–Trinajstić information content (AvgIpc) is 2.70. The Kier molecular flexibility index (Phi) is 6.82. The van der Waals surface area contributed by atoms with Gasteiger partial charge >= 0.3 is 0 Å². The number of hydrogen-bond donors (Lipinski definition) is 2. The van der Waals surface area contributed by atoms with E-state index in [9.17, 15) is 10.2 Å². The van der Waals surface area contributed by atoms with Crippen molar-refractivity contribution >= 4 is 0 Å².